The number of imide groups is 1. The van der Waals surface area contributed by atoms with Crippen molar-refractivity contribution in [2.24, 2.45) is 11.7 Å². The molecule has 6 nitrogen and oxygen atoms in total. The van der Waals surface area contributed by atoms with Gasteiger partial charge in [-0.05, 0) is 24.1 Å². The average molecular weight is 402 g/mol. The van der Waals surface area contributed by atoms with E-state index < -0.39 is 17.9 Å². The Morgan fingerprint density at radius 3 is 2.36 bits per heavy atom. The van der Waals surface area contributed by atoms with E-state index in [1.807, 2.05) is 6.07 Å². The lowest BCUT2D eigenvalue weighted by atomic mass is 10.0. The molecular formula is C21H24ClN3O3. The van der Waals surface area contributed by atoms with Gasteiger partial charge in [0.25, 0.3) is 0 Å². The summed E-state index contributed by atoms with van der Waals surface area (Å²) in [6, 6.07) is 12.9. The van der Waals surface area contributed by atoms with E-state index in [-0.39, 0.29) is 18.2 Å². The number of benzene rings is 2. The lowest BCUT2D eigenvalue weighted by molar-refractivity contribution is -0.131. The van der Waals surface area contributed by atoms with Gasteiger partial charge in [0.05, 0.1) is 12.6 Å². The summed E-state index contributed by atoms with van der Waals surface area (Å²) in [5, 5.41) is 2.71. The highest BCUT2D eigenvalue weighted by Crippen LogP contribution is 2.26. The zero-order valence-electron chi connectivity index (χ0n) is 16.1. The van der Waals surface area contributed by atoms with Crippen molar-refractivity contribution in [3.63, 3.8) is 0 Å². The third kappa shape index (κ3) is 5.41. The third-order valence-corrected chi connectivity index (χ3v) is 4.55. The van der Waals surface area contributed by atoms with Crippen molar-refractivity contribution >= 4 is 34.9 Å². The molecule has 2 amide bonds. The molecule has 0 saturated carbocycles. The zero-order chi connectivity index (χ0) is 20.8. The molecule has 0 saturated heterocycles. The van der Waals surface area contributed by atoms with Crippen LogP contribution in [0.5, 0.6) is 0 Å². The molecule has 0 aliphatic carbocycles. The van der Waals surface area contributed by atoms with E-state index in [4.69, 9.17) is 17.3 Å². The molecule has 0 spiro atoms. The molecule has 148 valence electrons. The first-order chi connectivity index (χ1) is 13.2. The SMILES string of the molecule is CC(C)[C@H](N)C(=O)NC(=O)CN(C)c1ccc(Cl)cc1C(=O)c1ccccc1. The standard InChI is InChI=1S/C21H24ClN3O3/c1-13(2)19(23)21(28)24-18(26)12-25(3)17-10-9-15(22)11-16(17)20(27)14-7-5-4-6-8-14/h4-11,13,19H,12,23H2,1-3H3,(H,24,26,28)/t19-/m0/s1. The first kappa shape index (κ1) is 21.6. The molecule has 0 radical (unpaired) electrons. The van der Waals surface area contributed by atoms with E-state index in [9.17, 15) is 14.4 Å². The fourth-order valence-corrected chi connectivity index (χ4v) is 2.80. The van der Waals surface area contributed by atoms with Crippen LogP contribution in [0.2, 0.25) is 5.02 Å². The summed E-state index contributed by atoms with van der Waals surface area (Å²) in [6.45, 7) is 3.49. The molecule has 0 aliphatic heterocycles. The minimum atomic E-state index is -0.764. The van der Waals surface area contributed by atoms with Crippen LogP contribution in [0.1, 0.15) is 29.8 Å². The maximum Gasteiger partial charge on any atom is 0.246 e. The number of hydrogen-bond acceptors (Lipinski definition) is 5. The van der Waals surface area contributed by atoms with Gasteiger partial charge in [-0.15, -0.1) is 0 Å². The first-order valence-corrected chi connectivity index (χ1v) is 9.28. The fourth-order valence-electron chi connectivity index (χ4n) is 2.63. The van der Waals surface area contributed by atoms with Gasteiger partial charge in [-0.1, -0.05) is 55.8 Å². The van der Waals surface area contributed by atoms with E-state index in [1.165, 1.54) is 0 Å². The number of nitrogens with two attached hydrogens (primary N) is 1. The number of ketones is 1. The number of amides is 2. The van der Waals surface area contributed by atoms with E-state index in [0.29, 0.717) is 21.8 Å². The molecule has 0 unspecified atom stereocenters. The summed E-state index contributed by atoms with van der Waals surface area (Å²) in [5.41, 5.74) is 7.18. The Hall–Kier alpha value is -2.70. The Morgan fingerprint density at radius 1 is 1.11 bits per heavy atom. The summed E-state index contributed by atoms with van der Waals surface area (Å²) in [6.07, 6.45) is 0. The van der Waals surface area contributed by atoms with Crippen molar-refractivity contribution in [1.82, 2.24) is 5.32 Å². The summed E-state index contributed by atoms with van der Waals surface area (Å²) in [5.74, 6) is -1.32. The molecule has 2 aromatic carbocycles. The smallest absolute Gasteiger partial charge is 0.246 e. The van der Waals surface area contributed by atoms with Gasteiger partial charge >= 0.3 is 0 Å². The van der Waals surface area contributed by atoms with Gasteiger partial charge in [-0.2, -0.15) is 0 Å². The maximum atomic E-state index is 12.9. The highest BCUT2D eigenvalue weighted by molar-refractivity contribution is 6.31. The average Bonchev–Trinajstić information content (AvgIpc) is 2.66. The van der Waals surface area contributed by atoms with Gasteiger partial charge < -0.3 is 10.6 Å². The topological polar surface area (TPSA) is 92.5 Å². The molecule has 7 heteroatoms. The number of rotatable bonds is 7. The fraction of sp³-hybridized carbons (Fsp3) is 0.286. The number of carbonyl (C=O) groups excluding carboxylic acids is 3. The number of halogens is 1. The Morgan fingerprint density at radius 2 is 1.75 bits per heavy atom. The van der Waals surface area contributed by atoms with Crippen molar-refractivity contribution in [3.8, 4) is 0 Å². The number of nitrogens with one attached hydrogen (secondary N) is 1. The lowest BCUT2D eigenvalue weighted by Crippen LogP contribution is -2.48. The molecule has 0 aromatic heterocycles. The highest BCUT2D eigenvalue weighted by Gasteiger charge is 2.22. The van der Waals surface area contributed by atoms with E-state index in [2.05, 4.69) is 5.32 Å². The van der Waals surface area contributed by atoms with Crippen LogP contribution in [0.25, 0.3) is 0 Å². The summed E-state index contributed by atoms with van der Waals surface area (Å²) in [4.78, 5) is 38.7. The lowest BCUT2D eigenvalue weighted by Gasteiger charge is -2.22. The molecule has 2 aromatic rings. The molecule has 0 bridgehead atoms. The van der Waals surface area contributed by atoms with Crippen LogP contribution < -0.4 is 16.0 Å². The van der Waals surface area contributed by atoms with Crippen molar-refractivity contribution in [3.05, 3.63) is 64.7 Å². The zero-order valence-corrected chi connectivity index (χ0v) is 16.9. The van der Waals surface area contributed by atoms with Crippen molar-refractivity contribution in [2.75, 3.05) is 18.5 Å². The maximum absolute atomic E-state index is 12.9. The minimum Gasteiger partial charge on any atom is -0.365 e. The molecule has 1 atom stereocenters. The number of anilines is 1. The Kier molecular flexibility index (Phi) is 7.31. The molecule has 0 aliphatic rings. The largest absolute Gasteiger partial charge is 0.365 e. The molecule has 0 heterocycles. The second kappa shape index (κ2) is 9.48. The molecular weight excluding hydrogens is 378 g/mol. The van der Waals surface area contributed by atoms with Gasteiger partial charge in [-0.3, -0.25) is 19.7 Å². The Bertz CT molecular complexity index is 868. The van der Waals surface area contributed by atoms with Crippen molar-refractivity contribution in [2.45, 2.75) is 19.9 Å². The first-order valence-electron chi connectivity index (χ1n) is 8.90. The second-order valence-electron chi connectivity index (χ2n) is 6.89. The second-order valence-corrected chi connectivity index (χ2v) is 7.33. The predicted octanol–water partition coefficient (Wildman–Crippen LogP) is 2.63. The van der Waals surface area contributed by atoms with Gasteiger partial charge in [0.2, 0.25) is 11.8 Å². The number of likely N-dealkylation sites (N-methyl/N-ethyl adjacent to an activating group) is 1. The predicted molar refractivity (Wildman–Crippen MR) is 111 cm³/mol. The number of nitrogens with zero attached hydrogens (tertiary/aromatic N) is 1. The molecule has 2 rings (SSSR count). The monoisotopic (exact) mass is 401 g/mol. The summed E-state index contributed by atoms with van der Waals surface area (Å²) < 4.78 is 0. The molecule has 28 heavy (non-hydrogen) atoms. The van der Waals surface area contributed by atoms with Crippen LogP contribution >= 0.6 is 11.6 Å². The van der Waals surface area contributed by atoms with Crippen LogP contribution in [0.15, 0.2) is 48.5 Å². The van der Waals surface area contributed by atoms with E-state index in [0.717, 1.165) is 0 Å². The van der Waals surface area contributed by atoms with Crippen molar-refractivity contribution in [1.29, 1.82) is 0 Å². The van der Waals surface area contributed by atoms with Gasteiger partial charge in [0, 0.05) is 28.9 Å². The summed E-state index contributed by atoms with van der Waals surface area (Å²) >= 11 is 6.08. The Labute approximate surface area is 169 Å². The normalized spacial score (nSPS) is 11.8. The van der Waals surface area contributed by atoms with Crippen LogP contribution in [-0.4, -0.2) is 37.2 Å². The molecule has 0 fully saturated rings. The third-order valence-electron chi connectivity index (χ3n) is 4.31. The van der Waals surface area contributed by atoms with Crippen LogP contribution in [0.4, 0.5) is 5.69 Å². The van der Waals surface area contributed by atoms with Gasteiger partial charge in [0.15, 0.2) is 5.78 Å². The van der Waals surface area contributed by atoms with E-state index in [1.54, 1.807) is 68.3 Å². The molecule has 3 N–H and O–H groups in total. The van der Waals surface area contributed by atoms with Gasteiger partial charge in [0.1, 0.15) is 0 Å². The summed E-state index contributed by atoms with van der Waals surface area (Å²) in [7, 11) is 1.66. The van der Waals surface area contributed by atoms with Crippen molar-refractivity contribution < 1.29 is 14.4 Å². The van der Waals surface area contributed by atoms with E-state index >= 15 is 0 Å². The quantitative estimate of drug-likeness (QED) is 0.696. The van der Waals surface area contributed by atoms with Crippen LogP contribution in [-0.2, 0) is 9.59 Å². The highest BCUT2D eigenvalue weighted by atomic mass is 35.5. The van der Waals surface area contributed by atoms with Crippen LogP contribution in [0, 0.1) is 5.92 Å². The van der Waals surface area contributed by atoms with Gasteiger partial charge in [-0.25, -0.2) is 0 Å². The number of carbonyl (C=O) groups is 3. The minimum absolute atomic E-state index is 0.0862. The Balaban J connectivity index is 2.19. The number of hydrogen-bond donors (Lipinski definition) is 2. The van der Waals surface area contributed by atoms with Crippen LogP contribution in [0.3, 0.4) is 0 Å².